The molecule has 15 heavy (non-hydrogen) atoms. The molecule has 1 heterocycles. The number of hydrogen-bond acceptors (Lipinski definition) is 2. The Morgan fingerprint density at radius 3 is 2.87 bits per heavy atom. The summed E-state index contributed by atoms with van der Waals surface area (Å²) in [5.41, 5.74) is 0.457. The van der Waals surface area contributed by atoms with Crippen LogP contribution in [0.25, 0.3) is 0 Å². The lowest BCUT2D eigenvalue weighted by molar-refractivity contribution is 0.165. The molecule has 0 saturated carbocycles. The second kappa shape index (κ2) is 5.97. The van der Waals surface area contributed by atoms with Gasteiger partial charge in [-0.05, 0) is 19.4 Å². The van der Waals surface area contributed by atoms with E-state index in [4.69, 9.17) is 23.2 Å². The maximum absolute atomic E-state index is 9.76. The fraction of sp³-hybridized carbons (Fsp3) is 0.364. The summed E-state index contributed by atoms with van der Waals surface area (Å²) >= 11 is 11.6. The number of aromatic nitrogens is 1. The molecule has 1 atom stereocenters. The van der Waals surface area contributed by atoms with E-state index in [1.54, 1.807) is 13.0 Å². The van der Waals surface area contributed by atoms with Crippen LogP contribution < -0.4 is 0 Å². The Hall–Kier alpha value is -0.750. The summed E-state index contributed by atoms with van der Waals surface area (Å²) in [7, 11) is 0. The number of pyridine rings is 1. The molecule has 0 radical (unpaired) electrons. The topological polar surface area (TPSA) is 33.1 Å². The second-order valence-electron chi connectivity index (χ2n) is 3.00. The summed E-state index contributed by atoms with van der Waals surface area (Å²) in [5.74, 6) is 5.64. The van der Waals surface area contributed by atoms with Crippen LogP contribution >= 0.6 is 23.2 Å². The standard InChI is InChI=1S/C11H11Cl2NO/c1-2-3-4-5-10(15)11-9(13)6-8(12)7-14-11/h6-7,10,15H,4-5H2,1H3. The molecular weight excluding hydrogens is 233 g/mol. The number of rotatable bonds is 3. The van der Waals surface area contributed by atoms with Gasteiger partial charge in [-0.3, -0.25) is 4.98 Å². The Kier molecular flexibility index (Phi) is 4.90. The van der Waals surface area contributed by atoms with Crippen molar-refractivity contribution in [3.05, 3.63) is 28.0 Å². The third-order valence-corrected chi connectivity index (χ3v) is 2.38. The Morgan fingerprint density at radius 2 is 2.27 bits per heavy atom. The van der Waals surface area contributed by atoms with Crippen LogP contribution in [0.3, 0.4) is 0 Å². The van der Waals surface area contributed by atoms with E-state index >= 15 is 0 Å². The van der Waals surface area contributed by atoms with E-state index in [0.717, 1.165) is 0 Å². The lowest BCUT2D eigenvalue weighted by atomic mass is 10.1. The van der Waals surface area contributed by atoms with Gasteiger partial charge in [0.05, 0.1) is 21.8 Å². The van der Waals surface area contributed by atoms with E-state index < -0.39 is 6.10 Å². The van der Waals surface area contributed by atoms with Crippen LogP contribution in [-0.4, -0.2) is 10.1 Å². The van der Waals surface area contributed by atoms with Crippen molar-refractivity contribution in [2.24, 2.45) is 0 Å². The first-order valence-electron chi connectivity index (χ1n) is 4.53. The number of nitrogens with zero attached hydrogens (tertiary/aromatic N) is 1. The smallest absolute Gasteiger partial charge is 0.0984 e. The van der Waals surface area contributed by atoms with E-state index in [2.05, 4.69) is 16.8 Å². The summed E-state index contributed by atoms with van der Waals surface area (Å²) in [4.78, 5) is 3.99. The second-order valence-corrected chi connectivity index (χ2v) is 3.85. The molecule has 0 saturated heterocycles. The molecule has 80 valence electrons. The lowest BCUT2D eigenvalue weighted by Crippen LogP contribution is -2.00. The highest BCUT2D eigenvalue weighted by atomic mass is 35.5. The first kappa shape index (κ1) is 12.3. The van der Waals surface area contributed by atoms with Crippen molar-refractivity contribution in [1.29, 1.82) is 0 Å². The summed E-state index contributed by atoms with van der Waals surface area (Å²) in [6, 6.07) is 1.57. The zero-order valence-electron chi connectivity index (χ0n) is 8.30. The maximum Gasteiger partial charge on any atom is 0.0984 e. The summed E-state index contributed by atoms with van der Waals surface area (Å²) in [5, 5.41) is 10.6. The highest BCUT2D eigenvalue weighted by molar-refractivity contribution is 6.34. The SMILES string of the molecule is CC#CCCC(O)c1ncc(Cl)cc1Cl. The van der Waals surface area contributed by atoms with E-state index in [0.29, 0.717) is 28.6 Å². The lowest BCUT2D eigenvalue weighted by Gasteiger charge is -2.09. The van der Waals surface area contributed by atoms with Crippen molar-refractivity contribution >= 4 is 23.2 Å². The van der Waals surface area contributed by atoms with E-state index in [9.17, 15) is 5.11 Å². The molecule has 1 aromatic rings. The highest BCUT2D eigenvalue weighted by Gasteiger charge is 2.12. The van der Waals surface area contributed by atoms with Crippen molar-refractivity contribution in [2.75, 3.05) is 0 Å². The average Bonchev–Trinajstić information content (AvgIpc) is 2.17. The van der Waals surface area contributed by atoms with Gasteiger partial charge in [0.2, 0.25) is 0 Å². The van der Waals surface area contributed by atoms with Gasteiger partial charge < -0.3 is 5.11 Å². The van der Waals surface area contributed by atoms with Gasteiger partial charge in [-0.15, -0.1) is 11.8 Å². The Balaban J connectivity index is 2.71. The molecule has 1 N–H and O–H groups in total. The molecule has 2 nitrogen and oxygen atoms in total. The van der Waals surface area contributed by atoms with Gasteiger partial charge in [-0.2, -0.15) is 0 Å². The van der Waals surface area contributed by atoms with Crippen molar-refractivity contribution in [3.8, 4) is 11.8 Å². The van der Waals surface area contributed by atoms with E-state index in [1.165, 1.54) is 6.20 Å². The minimum Gasteiger partial charge on any atom is -0.387 e. The number of aliphatic hydroxyl groups is 1. The van der Waals surface area contributed by atoms with Crippen molar-refractivity contribution in [2.45, 2.75) is 25.9 Å². The molecule has 1 unspecified atom stereocenters. The highest BCUT2D eigenvalue weighted by Crippen LogP contribution is 2.26. The number of halogens is 2. The Morgan fingerprint density at radius 1 is 1.53 bits per heavy atom. The van der Waals surface area contributed by atoms with Crippen molar-refractivity contribution in [1.82, 2.24) is 4.98 Å². The molecule has 1 rings (SSSR count). The van der Waals surface area contributed by atoms with Crippen LogP contribution in [0.5, 0.6) is 0 Å². The fourth-order valence-corrected chi connectivity index (χ4v) is 1.65. The van der Waals surface area contributed by atoms with E-state index in [-0.39, 0.29) is 0 Å². The van der Waals surface area contributed by atoms with Gasteiger partial charge in [0.25, 0.3) is 0 Å². The fourth-order valence-electron chi connectivity index (χ4n) is 1.14. The molecule has 0 fully saturated rings. The quantitative estimate of drug-likeness (QED) is 0.828. The molecule has 0 aliphatic rings. The minimum absolute atomic E-state index is 0.388. The number of aliphatic hydroxyl groups excluding tert-OH is 1. The number of hydrogen-bond donors (Lipinski definition) is 1. The monoisotopic (exact) mass is 243 g/mol. The van der Waals surface area contributed by atoms with Crippen LogP contribution in [-0.2, 0) is 0 Å². The minimum atomic E-state index is -0.685. The van der Waals surface area contributed by atoms with Gasteiger partial charge in [0.15, 0.2) is 0 Å². The van der Waals surface area contributed by atoms with Gasteiger partial charge in [0.1, 0.15) is 0 Å². The van der Waals surface area contributed by atoms with Gasteiger partial charge in [0, 0.05) is 12.6 Å². The average molecular weight is 244 g/mol. The maximum atomic E-state index is 9.76. The van der Waals surface area contributed by atoms with Gasteiger partial charge in [-0.1, -0.05) is 23.2 Å². The van der Waals surface area contributed by atoms with E-state index in [1.807, 2.05) is 0 Å². The van der Waals surface area contributed by atoms with Gasteiger partial charge in [-0.25, -0.2) is 0 Å². The zero-order chi connectivity index (χ0) is 11.3. The summed E-state index contributed by atoms with van der Waals surface area (Å²) in [6.45, 7) is 1.76. The first-order valence-corrected chi connectivity index (χ1v) is 5.29. The molecule has 0 spiro atoms. The van der Waals surface area contributed by atoms with Crippen LogP contribution in [0.2, 0.25) is 10.0 Å². The molecule has 1 aromatic heterocycles. The Labute approximate surface area is 99.2 Å². The first-order chi connectivity index (χ1) is 7.15. The molecule has 0 amide bonds. The molecule has 0 aliphatic heterocycles. The zero-order valence-corrected chi connectivity index (χ0v) is 9.81. The molecule has 0 aliphatic carbocycles. The van der Waals surface area contributed by atoms with Gasteiger partial charge >= 0.3 is 0 Å². The largest absolute Gasteiger partial charge is 0.387 e. The summed E-state index contributed by atoms with van der Waals surface area (Å²) < 4.78 is 0. The third kappa shape index (κ3) is 3.71. The Bertz CT molecular complexity index is 395. The van der Waals surface area contributed by atoms with Crippen LogP contribution in [0.4, 0.5) is 0 Å². The molecular formula is C11H11Cl2NO. The normalized spacial score (nSPS) is 11.7. The third-order valence-electron chi connectivity index (χ3n) is 1.87. The summed E-state index contributed by atoms with van der Waals surface area (Å²) in [6.07, 6.45) is 1.93. The van der Waals surface area contributed by atoms with Crippen molar-refractivity contribution < 1.29 is 5.11 Å². The predicted molar refractivity (Wildman–Crippen MR) is 61.9 cm³/mol. The molecule has 0 bridgehead atoms. The van der Waals surface area contributed by atoms with Crippen molar-refractivity contribution in [3.63, 3.8) is 0 Å². The van der Waals surface area contributed by atoms with Crippen LogP contribution in [0, 0.1) is 11.8 Å². The van der Waals surface area contributed by atoms with Crippen LogP contribution in [0.15, 0.2) is 12.3 Å². The molecule has 4 heteroatoms. The van der Waals surface area contributed by atoms with Crippen LogP contribution in [0.1, 0.15) is 31.6 Å². The molecule has 0 aromatic carbocycles. The predicted octanol–water partition coefficient (Wildman–Crippen LogP) is 3.23.